The summed E-state index contributed by atoms with van der Waals surface area (Å²) in [6.45, 7) is 3.65. The van der Waals surface area contributed by atoms with E-state index in [0.717, 1.165) is 43.6 Å². The first-order valence-electron chi connectivity index (χ1n) is 7.94. The third kappa shape index (κ3) is 3.89. The lowest BCUT2D eigenvalue weighted by molar-refractivity contribution is -0.0192. The number of aliphatic hydroxyl groups excluding tert-OH is 1. The summed E-state index contributed by atoms with van der Waals surface area (Å²) < 4.78 is 11.4. The predicted molar refractivity (Wildman–Crippen MR) is 83.7 cm³/mol. The summed E-state index contributed by atoms with van der Waals surface area (Å²) in [6, 6.07) is 7.69. The lowest BCUT2D eigenvalue weighted by Gasteiger charge is -2.40. The molecule has 0 spiro atoms. The second kappa shape index (κ2) is 7.66. The Kier molecular flexibility index (Phi) is 5.88. The highest BCUT2D eigenvalue weighted by atomic mass is 16.5. The number of para-hydroxylation sites is 2. The van der Waals surface area contributed by atoms with E-state index in [-0.39, 0.29) is 11.5 Å². The minimum Gasteiger partial charge on any atom is -0.490 e. The summed E-state index contributed by atoms with van der Waals surface area (Å²) in [4.78, 5) is 0. The Hall–Kier alpha value is -1.26. The molecular weight excluding hydrogens is 266 g/mol. The molecule has 21 heavy (non-hydrogen) atoms. The zero-order chi connectivity index (χ0) is 15.1. The first kappa shape index (κ1) is 16.1. The van der Waals surface area contributed by atoms with E-state index in [0.29, 0.717) is 19.8 Å². The minimum absolute atomic E-state index is 0.182. The fraction of sp³-hybridized carbons (Fsp3) is 0.647. The van der Waals surface area contributed by atoms with Crippen LogP contribution in [0.4, 0.5) is 0 Å². The van der Waals surface area contributed by atoms with Crippen LogP contribution in [-0.4, -0.2) is 31.0 Å². The van der Waals surface area contributed by atoms with Gasteiger partial charge in [-0.2, -0.15) is 0 Å². The molecule has 0 saturated heterocycles. The average molecular weight is 293 g/mol. The average Bonchev–Trinajstić information content (AvgIpc) is 2.51. The first-order valence-corrected chi connectivity index (χ1v) is 7.94. The van der Waals surface area contributed by atoms with Crippen LogP contribution in [-0.2, 0) is 0 Å². The van der Waals surface area contributed by atoms with E-state index in [4.69, 9.17) is 15.2 Å². The Morgan fingerprint density at radius 1 is 1.24 bits per heavy atom. The van der Waals surface area contributed by atoms with Crippen LogP contribution in [0.15, 0.2) is 24.3 Å². The summed E-state index contributed by atoms with van der Waals surface area (Å²) in [5, 5.41) is 10.3. The number of ether oxygens (including phenoxy) is 2. The SMILES string of the molecule is CCOc1ccccc1OCCC1(CN)CCCCC1O. The van der Waals surface area contributed by atoms with Gasteiger partial charge in [-0.15, -0.1) is 0 Å². The lowest BCUT2D eigenvalue weighted by atomic mass is 9.70. The molecule has 0 bridgehead atoms. The second-order valence-electron chi connectivity index (χ2n) is 5.81. The monoisotopic (exact) mass is 293 g/mol. The highest BCUT2D eigenvalue weighted by molar-refractivity contribution is 5.39. The lowest BCUT2D eigenvalue weighted by Crippen LogP contribution is -2.45. The molecule has 0 aliphatic heterocycles. The highest BCUT2D eigenvalue weighted by Crippen LogP contribution is 2.39. The van der Waals surface area contributed by atoms with Gasteiger partial charge in [0, 0.05) is 12.0 Å². The molecule has 1 aromatic rings. The van der Waals surface area contributed by atoms with E-state index >= 15 is 0 Å². The number of nitrogens with two attached hydrogens (primary N) is 1. The molecule has 2 rings (SSSR count). The molecule has 4 heteroatoms. The van der Waals surface area contributed by atoms with Crippen molar-refractivity contribution in [2.75, 3.05) is 19.8 Å². The molecule has 1 aromatic carbocycles. The normalized spacial score (nSPS) is 25.6. The summed E-state index contributed by atoms with van der Waals surface area (Å²) in [7, 11) is 0. The van der Waals surface area contributed by atoms with Gasteiger partial charge in [0.15, 0.2) is 11.5 Å². The molecular formula is C17H27NO3. The van der Waals surface area contributed by atoms with Crippen molar-refractivity contribution in [2.45, 2.75) is 45.1 Å². The summed E-state index contributed by atoms with van der Waals surface area (Å²) in [5.41, 5.74) is 5.76. The molecule has 118 valence electrons. The molecule has 0 radical (unpaired) electrons. The van der Waals surface area contributed by atoms with Crippen LogP contribution in [0.5, 0.6) is 11.5 Å². The van der Waals surface area contributed by atoms with E-state index in [1.54, 1.807) is 0 Å². The zero-order valence-electron chi connectivity index (χ0n) is 12.9. The van der Waals surface area contributed by atoms with E-state index in [1.165, 1.54) is 0 Å². The van der Waals surface area contributed by atoms with Gasteiger partial charge in [0.25, 0.3) is 0 Å². The fourth-order valence-electron chi connectivity index (χ4n) is 3.13. The molecule has 1 aliphatic carbocycles. The van der Waals surface area contributed by atoms with Crippen LogP contribution in [0, 0.1) is 5.41 Å². The number of benzene rings is 1. The van der Waals surface area contributed by atoms with Gasteiger partial charge in [-0.25, -0.2) is 0 Å². The topological polar surface area (TPSA) is 64.7 Å². The van der Waals surface area contributed by atoms with Gasteiger partial charge < -0.3 is 20.3 Å². The van der Waals surface area contributed by atoms with Gasteiger partial charge >= 0.3 is 0 Å². The molecule has 1 saturated carbocycles. The molecule has 0 heterocycles. The van der Waals surface area contributed by atoms with Crippen molar-refractivity contribution in [3.05, 3.63) is 24.3 Å². The van der Waals surface area contributed by atoms with Crippen LogP contribution >= 0.6 is 0 Å². The van der Waals surface area contributed by atoms with Crippen LogP contribution in [0.2, 0.25) is 0 Å². The van der Waals surface area contributed by atoms with Crippen LogP contribution in [0.25, 0.3) is 0 Å². The first-order chi connectivity index (χ1) is 10.2. The molecule has 2 atom stereocenters. The van der Waals surface area contributed by atoms with E-state index in [2.05, 4.69) is 0 Å². The molecule has 2 unspecified atom stereocenters. The number of aliphatic hydroxyl groups is 1. The quantitative estimate of drug-likeness (QED) is 0.811. The van der Waals surface area contributed by atoms with Crippen LogP contribution in [0.3, 0.4) is 0 Å². The van der Waals surface area contributed by atoms with Crippen molar-refractivity contribution < 1.29 is 14.6 Å². The van der Waals surface area contributed by atoms with Gasteiger partial charge in [0.1, 0.15) is 0 Å². The number of hydrogen-bond acceptors (Lipinski definition) is 4. The maximum Gasteiger partial charge on any atom is 0.161 e. The number of hydrogen-bond donors (Lipinski definition) is 2. The van der Waals surface area contributed by atoms with Crippen molar-refractivity contribution in [3.8, 4) is 11.5 Å². The third-order valence-corrected chi connectivity index (χ3v) is 4.52. The largest absolute Gasteiger partial charge is 0.490 e. The Bertz CT molecular complexity index is 438. The van der Waals surface area contributed by atoms with E-state index < -0.39 is 0 Å². The van der Waals surface area contributed by atoms with Crippen molar-refractivity contribution >= 4 is 0 Å². The van der Waals surface area contributed by atoms with Crippen LogP contribution in [0.1, 0.15) is 39.0 Å². The molecule has 4 nitrogen and oxygen atoms in total. The van der Waals surface area contributed by atoms with E-state index in [9.17, 15) is 5.11 Å². The number of rotatable bonds is 7. The smallest absolute Gasteiger partial charge is 0.161 e. The highest BCUT2D eigenvalue weighted by Gasteiger charge is 2.38. The predicted octanol–water partition coefficient (Wildman–Crippen LogP) is 2.73. The van der Waals surface area contributed by atoms with Crippen molar-refractivity contribution in [3.63, 3.8) is 0 Å². The Balaban J connectivity index is 1.94. The summed E-state index contributed by atoms with van der Waals surface area (Å²) in [5.74, 6) is 1.53. The summed E-state index contributed by atoms with van der Waals surface area (Å²) in [6.07, 6.45) is 4.56. The molecule has 3 N–H and O–H groups in total. The van der Waals surface area contributed by atoms with Gasteiger partial charge in [0.2, 0.25) is 0 Å². The zero-order valence-corrected chi connectivity index (χ0v) is 12.9. The molecule has 1 fully saturated rings. The van der Waals surface area contributed by atoms with Crippen molar-refractivity contribution in [1.29, 1.82) is 0 Å². The van der Waals surface area contributed by atoms with E-state index in [1.807, 2.05) is 31.2 Å². The Labute approximate surface area is 127 Å². The third-order valence-electron chi connectivity index (χ3n) is 4.52. The van der Waals surface area contributed by atoms with Gasteiger partial charge in [-0.05, 0) is 38.3 Å². The minimum atomic E-state index is -0.304. The van der Waals surface area contributed by atoms with Crippen molar-refractivity contribution in [1.82, 2.24) is 0 Å². The molecule has 0 aromatic heterocycles. The van der Waals surface area contributed by atoms with Crippen LogP contribution < -0.4 is 15.2 Å². The second-order valence-corrected chi connectivity index (χ2v) is 5.81. The van der Waals surface area contributed by atoms with Crippen molar-refractivity contribution in [2.24, 2.45) is 11.1 Å². The molecule has 0 amide bonds. The van der Waals surface area contributed by atoms with Gasteiger partial charge in [-0.3, -0.25) is 0 Å². The molecule has 1 aliphatic rings. The van der Waals surface area contributed by atoms with Gasteiger partial charge in [-0.1, -0.05) is 25.0 Å². The summed E-state index contributed by atoms with van der Waals surface area (Å²) >= 11 is 0. The van der Waals surface area contributed by atoms with Gasteiger partial charge in [0.05, 0.1) is 19.3 Å². The fourth-order valence-corrected chi connectivity index (χ4v) is 3.13. The maximum absolute atomic E-state index is 10.3. The standard InChI is InChI=1S/C17H27NO3/c1-2-20-14-7-3-4-8-15(14)21-12-11-17(13-18)10-6-5-9-16(17)19/h3-4,7-8,16,19H,2,5-6,9-13,18H2,1H3. The maximum atomic E-state index is 10.3. The Morgan fingerprint density at radius 3 is 2.57 bits per heavy atom. The Morgan fingerprint density at radius 2 is 1.95 bits per heavy atom.